The number of nitrogens with one attached hydrogen (secondary N) is 1. The molecule has 0 atom stereocenters. The number of alkyl halides is 3. The fourth-order valence-electron chi connectivity index (χ4n) is 2.86. The number of carbonyl (C=O) groups excluding carboxylic acids is 1. The maximum absolute atomic E-state index is 13.2. The molecule has 0 saturated carbocycles. The van der Waals surface area contributed by atoms with Crippen LogP contribution in [0.25, 0.3) is 17.0 Å². The Bertz CT molecular complexity index is 1240. The molecule has 0 bridgehead atoms. The molecule has 32 heavy (non-hydrogen) atoms. The van der Waals surface area contributed by atoms with Gasteiger partial charge in [0.15, 0.2) is 11.5 Å². The topological polar surface area (TPSA) is 81.4 Å². The summed E-state index contributed by atoms with van der Waals surface area (Å²) in [6, 6.07) is 12.8. The highest BCUT2D eigenvalue weighted by atomic mass is 19.4. The van der Waals surface area contributed by atoms with Crippen LogP contribution in [0.1, 0.15) is 15.9 Å². The fraction of sp³-hybridized carbons (Fsp3) is 0.143. The van der Waals surface area contributed by atoms with Crippen molar-refractivity contribution in [2.24, 2.45) is 0 Å². The minimum Gasteiger partial charge on any atom is -0.475 e. The van der Waals surface area contributed by atoms with Gasteiger partial charge in [-0.15, -0.1) is 15.3 Å². The molecule has 0 unspecified atom stereocenters. The van der Waals surface area contributed by atoms with Crippen molar-refractivity contribution < 1.29 is 27.1 Å². The number of nitrogens with zero attached hydrogens (tertiary/aromatic N) is 4. The van der Waals surface area contributed by atoms with E-state index in [9.17, 15) is 22.4 Å². The molecular weight excluding hydrogens is 430 g/mol. The lowest BCUT2D eigenvalue weighted by Crippen LogP contribution is -2.28. The molecule has 0 radical (unpaired) electrons. The van der Waals surface area contributed by atoms with Crippen molar-refractivity contribution in [1.29, 1.82) is 0 Å². The van der Waals surface area contributed by atoms with Gasteiger partial charge >= 0.3 is 6.18 Å². The Labute approximate surface area is 178 Å². The van der Waals surface area contributed by atoms with Crippen molar-refractivity contribution in [2.45, 2.75) is 6.18 Å². The lowest BCUT2D eigenvalue weighted by Gasteiger charge is -2.09. The number of rotatable bonds is 6. The molecule has 2 heterocycles. The molecule has 164 valence electrons. The lowest BCUT2D eigenvalue weighted by atomic mass is 10.1. The summed E-state index contributed by atoms with van der Waals surface area (Å²) in [6.45, 7) is 0.172. The van der Waals surface area contributed by atoms with Gasteiger partial charge in [0, 0.05) is 17.2 Å². The van der Waals surface area contributed by atoms with Crippen LogP contribution in [-0.4, -0.2) is 38.9 Å². The van der Waals surface area contributed by atoms with Gasteiger partial charge in [0.1, 0.15) is 12.4 Å². The van der Waals surface area contributed by atoms with E-state index >= 15 is 0 Å². The van der Waals surface area contributed by atoms with E-state index in [0.29, 0.717) is 17.0 Å². The highest BCUT2D eigenvalue weighted by Gasteiger charge is 2.30. The van der Waals surface area contributed by atoms with E-state index in [4.69, 9.17) is 4.74 Å². The van der Waals surface area contributed by atoms with E-state index in [1.165, 1.54) is 16.6 Å². The Morgan fingerprint density at radius 2 is 1.69 bits per heavy atom. The van der Waals surface area contributed by atoms with Crippen molar-refractivity contribution >= 4 is 11.6 Å². The van der Waals surface area contributed by atoms with Crippen molar-refractivity contribution in [1.82, 2.24) is 25.1 Å². The quantitative estimate of drug-likeness (QED) is 0.361. The third-order valence-electron chi connectivity index (χ3n) is 4.45. The van der Waals surface area contributed by atoms with Crippen molar-refractivity contribution in [3.8, 4) is 17.3 Å². The Balaban J connectivity index is 1.36. The summed E-state index contributed by atoms with van der Waals surface area (Å²) >= 11 is 0. The second kappa shape index (κ2) is 8.61. The van der Waals surface area contributed by atoms with Crippen LogP contribution < -0.4 is 10.1 Å². The van der Waals surface area contributed by atoms with Crippen LogP contribution in [0.15, 0.2) is 60.7 Å². The van der Waals surface area contributed by atoms with E-state index in [1.807, 2.05) is 0 Å². The monoisotopic (exact) mass is 445 g/mol. The third kappa shape index (κ3) is 4.66. The molecule has 1 amide bonds. The molecule has 1 N–H and O–H groups in total. The van der Waals surface area contributed by atoms with Crippen LogP contribution in [-0.2, 0) is 6.18 Å². The van der Waals surface area contributed by atoms with Crippen LogP contribution in [0.5, 0.6) is 5.88 Å². The molecule has 0 spiro atoms. The molecule has 4 rings (SSSR count). The first-order valence-corrected chi connectivity index (χ1v) is 9.38. The molecule has 0 saturated heterocycles. The van der Waals surface area contributed by atoms with Crippen molar-refractivity contribution in [3.63, 3.8) is 0 Å². The molecule has 7 nitrogen and oxygen atoms in total. The highest BCUT2D eigenvalue weighted by Crippen LogP contribution is 2.29. The lowest BCUT2D eigenvalue weighted by molar-refractivity contribution is -0.137. The normalized spacial score (nSPS) is 11.5. The van der Waals surface area contributed by atoms with Gasteiger partial charge in [-0.3, -0.25) is 4.79 Å². The van der Waals surface area contributed by atoms with Gasteiger partial charge in [-0.1, -0.05) is 0 Å². The summed E-state index contributed by atoms with van der Waals surface area (Å²) in [5.41, 5.74) is 0.360. The van der Waals surface area contributed by atoms with Gasteiger partial charge in [0.05, 0.1) is 12.1 Å². The number of halogens is 4. The van der Waals surface area contributed by atoms with E-state index < -0.39 is 17.6 Å². The number of hydrogen-bond acceptors (Lipinski definition) is 5. The molecule has 11 heteroatoms. The predicted octanol–water partition coefficient (Wildman–Crippen LogP) is 3.76. The molecule has 0 aliphatic rings. The van der Waals surface area contributed by atoms with Crippen molar-refractivity contribution in [3.05, 3.63) is 77.6 Å². The summed E-state index contributed by atoms with van der Waals surface area (Å²) in [5, 5.41) is 14.9. The second-order valence-electron chi connectivity index (χ2n) is 6.65. The van der Waals surface area contributed by atoms with Crippen LogP contribution in [0, 0.1) is 5.82 Å². The number of amides is 1. The van der Waals surface area contributed by atoms with E-state index in [-0.39, 0.29) is 30.4 Å². The zero-order valence-corrected chi connectivity index (χ0v) is 16.3. The first-order valence-electron chi connectivity index (χ1n) is 9.38. The summed E-state index contributed by atoms with van der Waals surface area (Å²) < 4.78 is 57.9. The Kier molecular flexibility index (Phi) is 5.71. The van der Waals surface area contributed by atoms with Gasteiger partial charge in [-0.05, 0) is 54.6 Å². The largest absolute Gasteiger partial charge is 0.475 e. The number of aromatic nitrogens is 4. The first kappa shape index (κ1) is 21.2. The summed E-state index contributed by atoms with van der Waals surface area (Å²) in [4.78, 5) is 12.1. The van der Waals surface area contributed by atoms with Gasteiger partial charge in [-0.2, -0.15) is 17.7 Å². The maximum atomic E-state index is 13.2. The Morgan fingerprint density at radius 1 is 0.969 bits per heavy atom. The molecule has 0 aliphatic heterocycles. The standard InChI is InChI=1S/C21H15F4N5O2/c22-16-7-3-13(4-8-16)19-28-27-17-9-10-18(29-30(17)19)32-12-11-26-20(31)14-1-5-15(6-2-14)21(23,24)25/h1-10H,11-12H2,(H,26,31). The average molecular weight is 445 g/mol. The molecule has 0 fully saturated rings. The summed E-state index contributed by atoms with van der Waals surface area (Å²) in [6.07, 6.45) is -4.46. The summed E-state index contributed by atoms with van der Waals surface area (Å²) in [7, 11) is 0. The maximum Gasteiger partial charge on any atom is 0.416 e. The van der Waals surface area contributed by atoms with E-state index in [0.717, 1.165) is 24.3 Å². The van der Waals surface area contributed by atoms with Crippen LogP contribution >= 0.6 is 0 Å². The van der Waals surface area contributed by atoms with Gasteiger partial charge in [0.2, 0.25) is 5.88 Å². The average Bonchev–Trinajstić information content (AvgIpc) is 3.20. The second-order valence-corrected chi connectivity index (χ2v) is 6.65. The predicted molar refractivity (Wildman–Crippen MR) is 105 cm³/mol. The molecule has 2 aromatic carbocycles. The number of benzene rings is 2. The Morgan fingerprint density at radius 3 is 2.38 bits per heavy atom. The van der Waals surface area contributed by atoms with Gasteiger partial charge in [-0.25, -0.2) is 4.39 Å². The minimum atomic E-state index is -4.46. The summed E-state index contributed by atoms with van der Waals surface area (Å²) in [5.74, 6) is -0.258. The fourth-order valence-corrected chi connectivity index (χ4v) is 2.86. The van der Waals surface area contributed by atoms with Crippen molar-refractivity contribution in [2.75, 3.05) is 13.2 Å². The zero-order valence-electron chi connectivity index (χ0n) is 16.3. The molecular formula is C21H15F4N5O2. The number of ether oxygens (including phenoxy) is 1. The van der Waals surface area contributed by atoms with Crippen LogP contribution in [0.2, 0.25) is 0 Å². The number of hydrogen-bond donors (Lipinski definition) is 1. The molecule has 2 aromatic heterocycles. The number of carbonyl (C=O) groups is 1. The Hall–Kier alpha value is -4.02. The van der Waals surface area contributed by atoms with Gasteiger partial charge < -0.3 is 10.1 Å². The smallest absolute Gasteiger partial charge is 0.416 e. The number of fused-ring (bicyclic) bond motifs is 1. The van der Waals surface area contributed by atoms with Crippen LogP contribution in [0.4, 0.5) is 17.6 Å². The first-order chi connectivity index (χ1) is 15.3. The molecule has 0 aliphatic carbocycles. The van der Waals surface area contributed by atoms with Crippen LogP contribution in [0.3, 0.4) is 0 Å². The minimum absolute atomic E-state index is 0.0683. The van der Waals surface area contributed by atoms with E-state index in [1.54, 1.807) is 24.3 Å². The van der Waals surface area contributed by atoms with E-state index in [2.05, 4.69) is 20.6 Å². The zero-order chi connectivity index (χ0) is 22.7. The third-order valence-corrected chi connectivity index (χ3v) is 4.45. The highest BCUT2D eigenvalue weighted by molar-refractivity contribution is 5.94. The molecule has 4 aromatic rings. The van der Waals surface area contributed by atoms with Gasteiger partial charge in [0.25, 0.3) is 5.91 Å². The SMILES string of the molecule is O=C(NCCOc1ccc2nnc(-c3ccc(F)cc3)n2n1)c1ccc(C(F)(F)F)cc1.